The molecule has 0 spiro atoms. The molecular weight excluding hydrogens is 365 g/mol. The molecule has 0 heterocycles. The summed E-state index contributed by atoms with van der Waals surface area (Å²) in [5, 5.41) is 10.2. The lowest BCUT2D eigenvalue weighted by atomic mass is 9.99. The molecule has 0 unspecified atom stereocenters. The molecule has 0 amide bonds. The van der Waals surface area contributed by atoms with E-state index in [0.717, 1.165) is 0 Å². The van der Waals surface area contributed by atoms with Gasteiger partial charge >= 0.3 is 0 Å². The van der Waals surface area contributed by atoms with Crippen molar-refractivity contribution >= 4 is 11.4 Å². The normalized spacial score (nSPS) is 11.7. The summed E-state index contributed by atoms with van der Waals surface area (Å²) in [6.07, 6.45) is 0. The van der Waals surface area contributed by atoms with Crippen molar-refractivity contribution in [2.45, 2.75) is 6.92 Å². The van der Waals surface area contributed by atoms with Gasteiger partial charge in [0.2, 0.25) is 5.82 Å². The highest BCUT2D eigenvalue weighted by Crippen LogP contribution is 2.32. The first-order chi connectivity index (χ1) is 12.8. The summed E-state index contributed by atoms with van der Waals surface area (Å²) in [6.45, 7) is 1.71. The van der Waals surface area contributed by atoms with E-state index in [1.165, 1.54) is 24.3 Å². The number of phenols is 1. The van der Waals surface area contributed by atoms with E-state index in [9.17, 15) is 27.1 Å². The molecule has 0 aliphatic carbocycles. The van der Waals surface area contributed by atoms with Crippen molar-refractivity contribution in [3.63, 3.8) is 0 Å². The summed E-state index contributed by atoms with van der Waals surface area (Å²) < 4.78 is 68.5. The Labute approximate surface area is 151 Å². The third kappa shape index (κ3) is 3.40. The van der Waals surface area contributed by atoms with Gasteiger partial charge < -0.3 is 5.11 Å². The third-order valence-corrected chi connectivity index (χ3v) is 3.86. The van der Waals surface area contributed by atoms with E-state index in [4.69, 9.17) is 0 Å². The van der Waals surface area contributed by atoms with Crippen LogP contribution in [0.25, 0.3) is 0 Å². The van der Waals surface area contributed by atoms with Crippen molar-refractivity contribution < 1.29 is 27.1 Å². The first-order valence-corrected chi connectivity index (χ1v) is 7.76. The van der Waals surface area contributed by atoms with Gasteiger partial charge in [-0.1, -0.05) is 42.0 Å². The molecule has 3 aromatic rings. The SMILES string of the molecule is Cc1ccc(O)c(C(=Nc2c(F)c(F)c(F)c(F)c2F)c2ccccc2)c1. The van der Waals surface area contributed by atoms with Gasteiger partial charge in [0.1, 0.15) is 11.4 Å². The Balaban J connectivity index is 2.35. The van der Waals surface area contributed by atoms with Crippen LogP contribution in [0.1, 0.15) is 16.7 Å². The van der Waals surface area contributed by atoms with Crippen molar-refractivity contribution in [2.75, 3.05) is 0 Å². The predicted octanol–water partition coefficient (Wildman–Crippen LogP) is 5.57. The second-order valence-electron chi connectivity index (χ2n) is 5.77. The van der Waals surface area contributed by atoms with Gasteiger partial charge in [-0.05, 0) is 19.1 Å². The van der Waals surface area contributed by atoms with E-state index < -0.39 is 34.8 Å². The van der Waals surface area contributed by atoms with Gasteiger partial charge in [-0.15, -0.1) is 0 Å². The Kier molecular flexibility index (Phi) is 4.94. The van der Waals surface area contributed by atoms with E-state index in [1.54, 1.807) is 31.2 Å². The van der Waals surface area contributed by atoms with Crippen LogP contribution < -0.4 is 0 Å². The number of benzene rings is 3. The van der Waals surface area contributed by atoms with Crippen molar-refractivity contribution in [2.24, 2.45) is 4.99 Å². The summed E-state index contributed by atoms with van der Waals surface area (Å²) in [4.78, 5) is 3.72. The predicted molar refractivity (Wildman–Crippen MR) is 90.8 cm³/mol. The summed E-state index contributed by atoms with van der Waals surface area (Å²) in [6, 6.07) is 12.4. The molecule has 7 heteroatoms. The highest BCUT2D eigenvalue weighted by molar-refractivity contribution is 6.15. The minimum Gasteiger partial charge on any atom is -0.507 e. The Bertz CT molecular complexity index is 1020. The third-order valence-electron chi connectivity index (χ3n) is 3.86. The van der Waals surface area contributed by atoms with Crippen LogP contribution in [0.2, 0.25) is 0 Å². The fourth-order valence-electron chi connectivity index (χ4n) is 2.52. The molecule has 0 fully saturated rings. The smallest absolute Gasteiger partial charge is 0.200 e. The lowest BCUT2D eigenvalue weighted by molar-refractivity contribution is 0.381. The zero-order valence-corrected chi connectivity index (χ0v) is 13.9. The summed E-state index contributed by atoms with van der Waals surface area (Å²) in [5.41, 5.74) is -0.359. The molecule has 2 nitrogen and oxygen atoms in total. The van der Waals surface area contributed by atoms with Gasteiger partial charge in [-0.2, -0.15) is 0 Å². The second kappa shape index (κ2) is 7.19. The van der Waals surface area contributed by atoms with E-state index in [0.29, 0.717) is 11.1 Å². The first kappa shape index (κ1) is 18.6. The lowest BCUT2D eigenvalue weighted by Gasteiger charge is -2.12. The zero-order valence-electron chi connectivity index (χ0n) is 13.9. The quantitative estimate of drug-likeness (QED) is 0.275. The van der Waals surface area contributed by atoms with Gasteiger partial charge in [0.05, 0.1) is 5.71 Å². The van der Waals surface area contributed by atoms with Crippen LogP contribution >= 0.6 is 0 Å². The monoisotopic (exact) mass is 377 g/mol. The number of nitrogens with zero attached hydrogens (tertiary/aromatic N) is 1. The Morgan fingerprint density at radius 3 is 1.93 bits per heavy atom. The van der Waals surface area contributed by atoms with E-state index >= 15 is 0 Å². The molecule has 0 saturated carbocycles. The Hall–Kier alpha value is -3.22. The van der Waals surface area contributed by atoms with Crippen molar-refractivity contribution in [3.05, 3.63) is 94.3 Å². The van der Waals surface area contributed by atoms with Gasteiger partial charge in [0, 0.05) is 11.1 Å². The number of halogens is 5. The van der Waals surface area contributed by atoms with Gasteiger partial charge in [-0.25, -0.2) is 26.9 Å². The maximum atomic E-state index is 14.1. The molecule has 0 bridgehead atoms. The minimum atomic E-state index is -2.26. The lowest BCUT2D eigenvalue weighted by Crippen LogP contribution is -2.07. The zero-order chi connectivity index (χ0) is 19.7. The Morgan fingerprint density at radius 1 is 0.778 bits per heavy atom. The molecular formula is C20H12F5NO. The number of aliphatic imine (C=N–C) groups is 1. The molecule has 0 aromatic heterocycles. The standard InChI is InChI=1S/C20H12F5NO/c1-10-7-8-13(27)12(9-10)19(11-5-3-2-4-6-11)26-20-17(24)15(22)14(21)16(23)18(20)25/h2-9,27H,1H3. The van der Waals surface area contributed by atoms with E-state index in [-0.39, 0.29) is 17.0 Å². The molecule has 0 atom stereocenters. The maximum absolute atomic E-state index is 14.1. The van der Waals surface area contributed by atoms with Crippen LogP contribution in [-0.4, -0.2) is 10.8 Å². The molecule has 27 heavy (non-hydrogen) atoms. The number of rotatable bonds is 3. The van der Waals surface area contributed by atoms with Gasteiger partial charge in [-0.3, -0.25) is 0 Å². The van der Waals surface area contributed by atoms with Crippen LogP contribution in [-0.2, 0) is 0 Å². The average Bonchev–Trinajstić information content (AvgIpc) is 2.68. The van der Waals surface area contributed by atoms with Crippen LogP contribution in [0.5, 0.6) is 5.75 Å². The Morgan fingerprint density at radius 2 is 1.33 bits per heavy atom. The average molecular weight is 377 g/mol. The van der Waals surface area contributed by atoms with Crippen molar-refractivity contribution in [1.82, 2.24) is 0 Å². The molecule has 0 aliphatic heterocycles. The maximum Gasteiger partial charge on any atom is 0.200 e. The van der Waals surface area contributed by atoms with E-state index in [1.807, 2.05) is 0 Å². The van der Waals surface area contributed by atoms with Gasteiger partial charge in [0.15, 0.2) is 23.3 Å². The topological polar surface area (TPSA) is 32.6 Å². The molecule has 3 rings (SSSR count). The number of hydrogen-bond acceptors (Lipinski definition) is 2. The van der Waals surface area contributed by atoms with Crippen LogP contribution in [0.4, 0.5) is 27.6 Å². The molecule has 138 valence electrons. The fourth-order valence-corrected chi connectivity index (χ4v) is 2.52. The number of hydrogen-bond donors (Lipinski definition) is 1. The highest BCUT2D eigenvalue weighted by atomic mass is 19.2. The number of phenolic OH excluding ortho intramolecular Hbond substituents is 1. The summed E-state index contributed by atoms with van der Waals surface area (Å²) in [5.74, 6) is -10.8. The molecule has 0 saturated heterocycles. The van der Waals surface area contributed by atoms with Crippen molar-refractivity contribution in [1.29, 1.82) is 0 Å². The number of aromatic hydroxyl groups is 1. The summed E-state index contributed by atoms with van der Waals surface area (Å²) in [7, 11) is 0. The largest absolute Gasteiger partial charge is 0.507 e. The van der Waals surface area contributed by atoms with Crippen LogP contribution in [0.15, 0.2) is 53.5 Å². The van der Waals surface area contributed by atoms with Crippen molar-refractivity contribution in [3.8, 4) is 5.75 Å². The first-order valence-electron chi connectivity index (χ1n) is 7.76. The van der Waals surface area contributed by atoms with E-state index in [2.05, 4.69) is 4.99 Å². The van der Waals surface area contributed by atoms with Crippen LogP contribution in [0, 0.1) is 36.0 Å². The van der Waals surface area contributed by atoms with Gasteiger partial charge in [0.25, 0.3) is 0 Å². The summed E-state index contributed by atoms with van der Waals surface area (Å²) >= 11 is 0. The van der Waals surface area contributed by atoms with Crippen LogP contribution in [0.3, 0.4) is 0 Å². The molecule has 3 aromatic carbocycles. The second-order valence-corrected chi connectivity index (χ2v) is 5.77. The minimum absolute atomic E-state index is 0.0881. The highest BCUT2D eigenvalue weighted by Gasteiger charge is 2.26. The molecule has 0 radical (unpaired) electrons. The number of aryl methyl sites for hydroxylation is 1. The fraction of sp³-hybridized carbons (Fsp3) is 0.0500. The molecule has 1 N–H and O–H groups in total. The molecule has 0 aliphatic rings.